The average Bonchev–Trinajstić information content (AvgIpc) is 3.29. The van der Waals surface area contributed by atoms with Gasteiger partial charge in [-0.2, -0.15) is 0 Å². The average molecular weight is 520 g/mol. The summed E-state index contributed by atoms with van der Waals surface area (Å²) in [4.78, 5) is 3.34. The van der Waals surface area contributed by atoms with Crippen LogP contribution in [0.4, 0.5) is 15.2 Å². The SMILES string of the molecule is CC(CNC1CCOCC1)NCCCCNc1cc(F)c(S(=O)(=O)Nc2nccs2)cc1Cl. The molecule has 8 nitrogen and oxygen atoms in total. The predicted molar refractivity (Wildman–Crippen MR) is 131 cm³/mol. The third-order valence-corrected chi connectivity index (χ3v) is 7.80. The zero-order valence-electron chi connectivity index (χ0n) is 18.6. The van der Waals surface area contributed by atoms with Crippen molar-refractivity contribution in [2.24, 2.45) is 0 Å². The summed E-state index contributed by atoms with van der Waals surface area (Å²) >= 11 is 7.31. The van der Waals surface area contributed by atoms with Crippen molar-refractivity contribution in [2.75, 3.05) is 42.9 Å². The molecule has 1 aliphatic heterocycles. The smallest absolute Gasteiger partial charge is 0.266 e. The summed E-state index contributed by atoms with van der Waals surface area (Å²) < 4.78 is 47.0. The summed E-state index contributed by atoms with van der Waals surface area (Å²) in [7, 11) is -4.11. The van der Waals surface area contributed by atoms with Crippen molar-refractivity contribution in [1.29, 1.82) is 0 Å². The van der Waals surface area contributed by atoms with Gasteiger partial charge in [0.25, 0.3) is 10.0 Å². The molecule has 12 heteroatoms. The second-order valence-corrected chi connectivity index (χ2v) is 10.9. The van der Waals surface area contributed by atoms with Gasteiger partial charge in [-0.3, -0.25) is 4.72 Å². The zero-order valence-corrected chi connectivity index (χ0v) is 21.0. The first-order valence-corrected chi connectivity index (χ1v) is 13.8. The van der Waals surface area contributed by atoms with Gasteiger partial charge in [0.05, 0.1) is 10.7 Å². The molecule has 1 aliphatic rings. The number of hydrogen-bond acceptors (Lipinski definition) is 8. The van der Waals surface area contributed by atoms with Crippen LogP contribution in [0.5, 0.6) is 0 Å². The number of halogens is 2. The molecular formula is C21H31ClFN5O3S2. The summed E-state index contributed by atoms with van der Waals surface area (Å²) in [6.45, 7) is 6.22. The zero-order chi connectivity index (χ0) is 23.7. The van der Waals surface area contributed by atoms with E-state index in [4.69, 9.17) is 16.3 Å². The number of rotatable bonds is 13. The molecule has 2 heterocycles. The number of ether oxygens (including phenoxy) is 1. The van der Waals surface area contributed by atoms with Gasteiger partial charge in [0.2, 0.25) is 0 Å². The van der Waals surface area contributed by atoms with E-state index in [1.54, 1.807) is 5.38 Å². The number of hydrogen-bond donors (Lipinski definition) is 4. The summed E-state index contributed by atoms with van der Waals surface area (Å²) in [6.07, 6.45) is 5.39. The Balaban J connectivity index is 1.37. The molecule has 1 fully saturated rings. The lowest BCUT2D eigenvalue weighted by atomic mass is 10.1. The summed E-state index contributed by atoms with van der Waals surface area (Å²) in [6, 6.07) is 3.14. The van der Waals surface area contributed by atoms with Crippen LogP contribution in [0.1, 0.15) is 32.6 Å². The van der Waals surface area contributed by atoms with Crippen LogP contribution in [0.3, 0.4) is 0 Å². The summed E-state index contributed by atoms with van der Waals surface area (Å²) in [5.41, 5.74) is 0.365. The topological polar surface area (TPSA) is 104 Å². The molecule has 0 saturated carbocycles. The molecule has 1 atom stereocenters. The van der Waals surface area contributed by atoms with E-state index in [1.165, 1.54) is 6.20 Å². The van der Waals surface area contributed by atoms with E-state index >= 15 is 0 Å². The van der Waals surface area contributed by atoms with Gasteiger partial charge in [0.1, 0.15) is 10.7 Å². The molecule has 1 saturated heterocycles. The minimum absolute atomic E-state index is 0.141. The Kier molecular flexibility index (Phi) is 10.1. The van der Waals surface area contributed by atoms with Crippen molar-refractivity contribution in [3.8, 4) is 0 Å². The van der Waals surface area contributed by atoms with Crippen LogP contribution in [0, 0.1) is 5.82 Å². The molecule has 0 bridgehead atoms. The first-order chi connectivity index (χ1) is 15.8. The van der Waals surface area contributed by atoms with Gasteiger partial charge in [0.15, 0.2) is 5.13 Å². The highest BCUT2D eigenvalue weighted by Gasteiger charge is 2.22. The normalized spacial score (nSPS) is 16.0. The Morgan fingerprint density at radius 1 is 1.27 bits per heavy atom. The highest BCUT2D eigenvalue weighted by Crippen LogP contribution is 2.29. The van der Waals surface area contributed by atoms with Gasteiger partial charge in [-0.25, -0.2) is 17.8 Å². The lowest BCUT2D eigenvalue weighted by Gasteiger charge is -2.25. The molecule has 33 heavy (non-hydrogen) atoms. The standard InChI is InChI=1S/C21H31ClFN5O3S2/c1-15(14-27-16-4-9-31-10-5-16)24-6-2-3-7-25-19-13-18(23)20(12-17(19)22)33(29,30)28-21-26-8-11-32-21/h8,11-13,15-16,24-25,27H,2-7,9-10,14H2,1H3,(H,26,28). The molecule has 1 aromatic heterocycles. The monoisotopic (exact) mass is 519 g/mol. The van der Waals surface area contributed by atoms with Gasteiger partial charge in [0, 0.05) is 50.0 Å². The Morgan fingerprint density at radius 3 is 2.76 bits per heavy atom. The van der Waals surface area contributed by atoms with Crippen molar-refractivity contribution >= 4 is 43.8 Å². The first kappa shape index (κ1) is 26.1. The van der Waals surface area contributed by atoms with Crippen LogP contribution >= 0.6 is 22.9 Å². The van der Waals surface area contributed by atoms with Gasteiger partial charge < -0.3 is 20.7 Å². The molecule has 0 radical (unpaired) electrons. The van der Waals surface area contributed by atoms with E-state index in [0.29, 0.717) is 24.3 Å². The molecule has 0 aliphatic carbocycles. The number of benzene rings is 1. The van der Waals surface area contributed by atoms with E-state index in [9.17, 15) is 12.8 Å². The highest BCUT2D eigenvalue weighted by atomic mass is 35.5. The molecule has 1 unspecified atom stereocenters. The van der Waals surface area contributed by atoms with Crippen LogP contribution in [0.15, 0.2) is 28.6 Å². The number of nitrogens with zero attached hydrogens (tertiary/aromatic N) is 1. The van der Waals surface area contributed by atoms with E-state index < -0.39 is 20.7 Å². The fourth-order valence-electron chi connectivity index (χ4n) is 3.45. The van der Waals surface area contributed by atoms with Crippen molar-refractivity contribution in [2.45, 2.75) is 49.6 Å². The van der Waals surface area contributed by atoms with Crippen molar-refractivity contribution < 1.29 is 17.5 Å². The van der Waals surface area contributed by atoms with Gasteiger partial charge in [-0.05, 0) is 51.3 Å². The summed E-state index contributed by atoms with van der Waals surface area (Å²) in [5.74, 6) is -0.876. The molecular weight excluding hydrogens is 489 g/mol. The van der Waals surface area contributed by atoms with Crippen LogP contribution in [-0.2, 0) is 14.8 Å². The Morgan fingerprint density at radius 2 is 2.03 bits per heavy atom. The highest BCUT2D eigenvalue weighted by molar-refractivity contribution is 7.93. The lowest BCUT2D eigenvalue weighted by molar-refractivity contribution is 0.0775. The van der Waals surface area contributed by atoms with Crippen LogP contribution in [0.2, 0.25) is 5.02 Å². The first-order valence-electron chi connectivity index (χ1n) is 11.0. The van der Waals surface area contributed by atoms with Crippen molar-refractivity contribution in [3.05, 3.63) is 34.5 Å². The van der Waals surface area contributed by atoms with Crippen LogP contribution in [0.25, 0.3) is 0 Å². The Hall–Kier alpha value is -1.50. The lowest BCUT2D eigenvalue weighted by Crippen LogP contribution is -2.43. The third kappa shape index (κ3) is 8.34. The molecule has 1 aromatic carbocycles. The molecule has 2 aromatic rings. The fourth-order valence-corrected chi connectivity index (χ4v) is 5.62. The number of anilines is 2. The maximum atomic E-state index is 14.5. The molecule has 0 amide bonds. The molecule has 4 N–H and O–H groups in total. The van der Waals surface area contributed by atoms with Crippen LogP contribution in [-0.4, -0.2) is 58.3 Å². The third-order valence-electron chi connectivity index (χ3n) is 5.31. The van der Waals surface area contributed by atoms with Gasteiger partial charge in [-0.15, -0.1) is 11.3 Å². The molecule has 184 valence electrons. The number of unbranched alkanes of at least 4 members (excludes halogenated alkanes) is 1. The largest absolute Gasteiger partial charge is 0.384 e. The fraction of sp³-hybridized carbons (Fsp3) is 0.571. The van der Waals surface area contributed by atoms with E-state index in [2.05, 4.69) is 32.6 Å². The molecule has 3 rings (SSSR count). The van der Waals surface area contributed by atoms with Gasteiger partial charge in [-0.1, -0.05) is 11.6 Å². The number of thiazole rings is 1. The van der Waals surface area contributed by atoms with E-state index in [1.807, 2.05) is 0 Å². The van der Waals surface area contributed by atoms with Crippen LogP contribution < -0.4 is 20.7 Å². The van der Waals surface area contributed by atoms with E-state index in [0.717, 1.165) is 75.5 Å². The van der Waals surface area contributed by atoms with Crippen molar-refractivity contribution in [3.63, 3.8) is 0 Å². The Labute approximate surface area is 203 Å². The summed E-state index contributed by atoms with van der Waals surface area (Å²) in [5, 5.41) is 12.1. The predicted octanol–water partition coefficient (Wildman–Crippen LogP) is 3.68. The number of aromatic nitrogens is 1. The van der Waals surface area contributed by atoms with E-state index in [-0.39, 0.29) is 10.2 Å². The van der Waals surface area contributed by atoms with Crippen molar-refractivity contribution in [1.82, 2.24) is 15.6 Å². The maximum absolute atomic E-state index is 14.5. The molecule has 0 spiro atoms. The van der Waals surface area contributed by atoms with Gasteiger partial charge >= 0.3 is 0 Å². The second kappa shape index (κ2) is 12.8. The number of sulfonamides is 1. The quantitative estimate of drug-likeness (QED) is 0.299. The minimum atomic E-state index is -4.11. The minimum Gasteiger partial charge on any atom is -0.384 e. The number of nitrogens with one attached hydrogen (secondary N) is 4. The Bertz CT molecular complexity index is 973. The second-order valence-electron chi connectivity index (χ2n) is 7.99. The maximum Gasteiger partial charge on any atom is 0.266 e.